The molecule has 6 nitrogen and oxygen atoms in total. The molecule has 6 heteroatoms. The van der Waals surface area contributed by atoms with Crippen molar-refractivity contribution in [3.8, 4) is 0 Å². The van der Waals surface area contributed by atoms with E-state index in [1.165, 1.54) is 5.56 Å². The molecule has 112 valence electrons. The van der Waals surface area contributed by atoms with Gasteiger partial charge in [0, 0.05) is 19.5 Å². The molecule has 22 heavy (non-hydrogen) atoms. The normalized spacial score (nSPS) is 18.7. The van der Waals surface area contributed by atoms with Gasteiger partial charge in [-0.15, -0.1) is 15.3 Å². The molecule has 1 aliphatic rings. The van der Waals surface area contributed by atoms with Crippen molar-refractivity contribution in [2.24, 2.45) is 0 Å². The Bertz CT molecular complexity index is 757. The molecular formula is C16H17N5O. The van der Waals surface area contributed by atoms with Crippen LogP contribution in [0.2, 0.25) is 0 Å². The Labute approximate surface area is 128 Å². The molecule has 0 radical (unpaired) electrons. The third-order valence-corrected chi connectivity index (χ3v) is 3.92. The van der Waals surface area contributed by atoms with Gasteiger partial charge in [0.2, 0.25) is 0 Å². The predicted octanol–water partition coefficient (Wildman–Crippen LogP) is 1.57. The van der Waals surface area contributed by atoms with Gasteiger partial charge >= 0.3 is 0 Å². The van der Waals surface area contributed by atoms with Crippen molar-refractivity contribution >= 4 is 11.5 Å². The highest BCUT2D eigenvalue weighted by Crippen LogP contribution is 2.17. The van der Waals surface area contributed by atoms with Crippen LogP contribution in [0.3, 0.4) is 0 Å². The highest BCUT2D eigenvalue weighted by atomic mass is 16.5. The number of fused-ring (bicyclic) bond motifs is 1. The molecule has 3 aromatic rings. The zero-order valence-electron chi connectivity index (χ0n) is 12.2. The minimum atomic E-state index is 0.189. The number of hydrogen-bond donors (Lipinski definition) is 0. The summed E-state index contributed by atoms with van der Waals surface area (Å²) in [6.45, 7) is 2.42. The fourth-order valence-electron chi connectivity index (χ4n) is 2.81. The lowest BCUT2D eigenvalue weighted by atomic mass is 10.1. The van der Waals surface area contributed by atoms with Gasteiger partial charge in [-0.3, -0.25) is 0 Å². The van der Waals surface area contributed by atoms with E-state index in [1.807, 2.05) is 18.2 Å². The largest absolute Gasteiger partial charge is 0.374 e. The number of anilines is 1. The van der Waals surface area contributed by atoms with E-state index in [0.29, 0.717) is 0 Å². The summed E-state index contributed by atoms with van der Waals surface area (Å²) >= 11 is 0. The van der Waals surface area contributed by atoms with E-state index in [-0.39, 0.29) is 6.10 Å². The highest BCUT2D eigenvalue weighted by molar-refractivity contribution is 5.45. The number of aromatic nitrogens is 4. The van der Waals surface area contributed by atoms with Crippen molar-refractivity contribution in [1.82, 2.24) is 19.8 Å². The molecule has 0 saturated carbocycles. The van der Waals surface area contributed by atoms with E-state index in [4.69, 9.17) is 4.74 Å². The van der Waals surface area contributed by atoms with Crippen molar-refractivity contribution in [3.63, 3.8) is 0 Å². The Hall–Kier alpha value is -2.47. The first-order valence-corrected chi connectivity index (χ1v) is 7.46. The number of nitrogens with zero attached hydrogens (tertiary/aromatic N) is 5. The van der Waals surface area contributed by atoms with Gasteiger partial charge in [-0.2, -0.15) is 4.52 Å². The summed E-state index contributed by atoms with van der Waals surface area (Å²) in [5.74, 6) is 0.939. The molecule has 1 aliphatic heterocycles. The number of ether oxygens (including phenoxy) is 1. The Morgan fingerprint density at radius 1 is 1.14 bits per heavy atom. The van der Waals surface area contributed by atoms with Crippen molar-refractivity contribution in [3.05, 3.63) is 54.4 Å². The molecule has 0 N–H and O–H groups in total. The zero-order valence-corrected chi connectivity index (χ0v) is 12.2. The van der Waals surface area contributed by atoms with Gasteiger partial charge in [0.25, 0.3) is 0 Å². The molecule has 1 aromatic carbocycles. The Kier molecular flexibility index (Phi) is 3.44. The lowest BCUT2D eigenvalue weighted by molar-refractivity contribution is 0.0407. The monoisotopic (exact) mass is 295 g/mol. The molecule has 1 atom stereocenters. The molecule has 0 bridgehead atoms. The van der Waals surface area contributed by atoms with Gasteiger partial charge in [0.05, 0.1) is 12.7 Å². The molecule has 1 unspecified atom stereocenters. The van der Waals surface area contributed by atoms with Crippen LogP contribution in [0.5, 0.6) is 0 Å². The third kappa shape index (κ3) is 2.65. The maximum absolute atomic E-state index is 5.91. The summed E-state index contributed by atoms with van der Waals surface area (Å²) in [7, 11) is 0. The van der Waals surface area contributed by atoms with Crippen LogP contribution in [0.15, 0.2) is 48.8 Å². The second kappa shape index (κ2) is 5.73. The average molecular weight is 295 g/mol. The summed E-state index contributed by atoms with van der Waals surface area (Å²) in [5, 5.41) is 12.4. The van der Waals surface area contributed by atoms with Crippen LogP contribution >= 0.6 is 0 Å². The Morgan fingerprint density at radius 3 is 2.95 bits per heavy atom. The zero-order chi connectivity index (χ0) is 14.8. The van der Waals surface area contributed by atoms with Gasteiger partial charge in [-0.1, -0.05) is 30.3 Å². The fourth-order valence-corrected chi connectivity index (χ4v) is 2.81. The quantitative estimate of drug-likeness (QED) is 0.734. The maximum Gasteiger partial charge on any atom is 0.177 e. The molecule has 4 rings (SSSR count). The topological polar surface area (TPSA) is 55.6 Å². The van der Waals surface area contributed by atoms with E-state index >= 15 is 0 Å². The summed E-state index contributed by atoms with van der Waals surface area (Å²) in [4.78, 5) is 2.26. The van der Waals surface area contributed by atoms with Crippen LogP contribution in [0.1, 0.15) is 5.56 Å². The van der Waals surface area contributed by atoms with E-state index in [0.717, 1.165) is 37.6 Å². The number of hydrogen-bond acceptors (Lipinski definition) is 5. The molecule has 3 heterocycles. The molecule has 0 aliphatic carbocycles. The summed E-state index contributed by atoms with van der Waals surface area (Å²) in [6, 6.07) is 14.4. The Morgan fingerprint density at radius 2 is 2.05 bits per heavy atom. The highest BCUT2D eigenvalue weighted by Gasteiger charge is 2.22. The molecular weight excluding hydrogens is 278 g/mol. The smallest absolute Gasteiger partial charge is 0.177 e. The molecule has 0 amide bonds. The Balaban J connectivity index is 1.50. The van der Waals surface area contributed by atoms with Crippen molar-refractivity contribution < 1.29 is 4.74 Å². The maximum atomic E-state index is 5.91. The van der Waals surface area contributed by atoms with Crippen LogP contribution in [0.25, 0.3) is 5.65 Å². The first-order valence-electron chi connectivity index (χ1n) is 7.46. The van der Waals surface area contributed by atoms with Gasteiger partial charge in [-0.05, 0) is 17.7 Å². The fraction of sp³-hybridized carbons (Fsp3) is 0.312. The second-order valence-corrected chi connectivity index (χ2v) is 5.45. The van der Waals surface area contributed by atoms with Crippen LogP contribution < -0.4 is 4.90 Å². The summed E-state index contributed by atoms with van der Waals surface area (Å²) in [6.07, 6.45) is 2.74. The van der Waals surface area contributed by atoms with Crippen molar-refractivity contribution in [2.45, 2.75) is 12.5 Å². The van der Waals surface area contributed by atoms with E-state index in [9.17, 15) is 0 Å². The number of rotatable bonds is 3. The molecule has 2 aromatic heterocycles. The first kappa shape index (κ1) is 13.2. The SMILES string of the molecule is c1ccc(CC2CN(c3ccc4nncn4n3)CCO2)cc1. The number of morpholine rings is 1. The molecule has 1 saturated heterocycles. The molecule has 0 spiro atoms. The van der Waals surface area contributed by atoms with E-state index < -0.39 is 0 Å². The van der Waals surface area contributed by atoms with Crippen LogP contribution in [-0.4, -0.2) is 45.6 Å². The van der Waals surface area contributed by atoms with Gasteiger partial charge < -0.3 is 9.64 Å². The van der Waals surface area contributed by atoms with Crippen LogP contribution in [0, 0.1) is 0 Å². The summed E-state index contributed by atoms with van der Waals surface area (Å²) < 4.78 is 7.61. The molecule has 1 fully saturated rings. The minimum Gasteiger partial charge on any atom is -0.374 e. The van der Waals surface area contributed by atoms with Gasteiger partial charge in [0.15, 0.2) is 5.65 Å². The third-order valence-electron chi connectivity index (χ3n) is 3.92. The predicted molar refractivity (Wildman–Crippen MR) is 82.9 cm³/mol. The van der Waals surface area contributed by atoms with Gasteiger partial charge in [0.1, 0.15) is 12.1 Å². The standard InChI is InChI=1S/C16H17N5O/c1-2-4-13(5-3-1)10-14-11-20(8-9-22-14)16-7-6-15-18-17-12-21(15)19-16/h1-7,12,14H,8-11H2. The number of benzene rings is 1. The van der Waals surface area contributed by atoms with Crippen LogP contribution in [0.4, 0.5) is 5.82 Å². The first-order chi connectivity index (χ1) is 10.9. The van der Waals surface area contributed by atoms with Crippen molar-refractivity contribution in [2.75, 3.05) is 24.6 Å². The average Bonchev–Trinajstić information content (AvgIpc) is 3.04. The van der Waals surface area contributed by atoms with Gasteiger partial charge in [-0.25, -0.2) is 0 Å². The minimum absolute atomic E-state index is 0.189. The lowest BCUT2D eigenvalue weighted by Crippen LogP contribution is -2.44. The van der Waals surface area contributed by atoms with E-state index in [2.05, 4.69) is 44.5 Å². The van der Waals surface area contributed by atoms with Crippen LogP contribution in [-0.2, 0) is 11.2 Å². The second-order valence-electron chi connectivity index (χ2n) is 5.45. The summed E-state index contributed by atoms with van der Waals surface area (Å²) in [5.41, 5.74) is 2.06. The van der Waals surface area contributed by atoms with E-state index in [1.54, 1.807) is 10.8 Å². The van der Waals surface area contributed by atoms with Crippen molar-refractivity contribution in [1.29, 1.82) is 0 Å². The lowest BCUT2D eigenvalue weighted by Gasteiger charge is -2.33.